The van der Waals surface area contributed by atoms with Gasteiger partial charge in [-0.3, -0.25) is 9.59 Å². The zero-order chi connectivity index (χ0) is 34.1. The van der Waals surface area contributed by atoms with Gasteiger partial charge >= 0.3 is 12.1 Å². The number of thioether (sulfide) groups is 1. The van der Waals surface area contributed by atoms with Gasteiger partial charge in [0.15, 0.2) is 0 Å². The highest BCUT2D eigenvalue weighted by Gasteiger charge is 2.45. The number of carbonyl (C=O) groups is 4. The van der Waals surface area contributed by atoms with Gasteiger partial charge in [0.1, 0.15) is 29.3 Å². The summed E-state index contributed by atoms with van der Waals surface area (Å²) in [5, 5.41) is 5.67. The van der Waals surface area contributed by atoms with Crippen LogP contribution in [0.5, 0.6) is 0 Å². The lowest BCUT2D eigenvalue weighted by molar-refractivity contribution is -0.159. The number of esters is 1. The molecular formula is C36H47N3O6S. The summed E-state index contributed by atoms with van der Waals surface area (Å²) in [5.41, 5.74) is 0.162. The molecule has 1 fully saturated rings. The fourth-order valence-electron chi connectivity index (χ4n) is 4.94. The third-order valence-electron chi connectivity index (χ3n) is 7.02. The standard InChI is InChI=1S/C36H47N3O6S/c1-9-25-17-13-14-18-27(25)30(31(40)37-29(33(42)44-35(2,3)4)23-24-15-11-10-12-16-24)39(26-19-20-26)32(41)28(21-22-46-8)38-34(43)45-36(5,6)7/h1,10-18,26,28-30H,19-23H2,2-8H3,(H,37,40)(H,38,43). The van der Waals surface area contributed by atoms with Crippen LogP contribution in [0.1, 0.15) is 83.5 Å². The van der Waals surface area contributed by atoms with Crippen molar-refractivity contribution in [3.05, 3.63) is 71.3 Å². The van der Waals surface area contributed by atoms with Crippen LogP contribution in [0.3, 0.4) is 0 Å². The molecule has 0 saturated heterocycles. The SMILES string of the molecule is C#Cc1ccccc1C(C(=O)NC(Cc1ccccc1)C(=O)OC(C)(C)C)N(C(=O)C(CCSC)NC(=O)OC(C)(C)C)C1CC1. The Labute approximate surface area is 277 Å². The molecule has 2 aromatic rings. The Morgan fingerprint density at radius 2 is 1.52 bits per heavy atom. The summed E-state index contributed by atoms with van der Waals surface area (Å²) in [6.45, 7) is 10.5. The zero-order valence-electron chi connectivity index (χ0n) is 27.9. The molecule has 248 valence electrons. The Bertz CT molecular complexity index is 1410. The summed E-state index contributed by atoms with van der Waals surface area (Å²) in [6.07, 6.45) is 8.94. The van der Waals surface area contributed by atoms with E-state index in [9.17, 15) is 19.2 Å². The Morgan fingerprint density at radius 3 is 2.09 bits per heavy atom. The molecule has 0 aliphatic heterocycles. The highest BCUT2D eigenvalue weighted by molar-refractivity contribution is 7.98. The maximum absolute atomic E-state index is 14.5. The minimum Gasteiger partial charge on any atom is -0.458 e. The van der Waals surface area contributed by atoms with Crippen LogP contribution in [0.15, 0.2) is 54.6 Å². The number of amides is 3. The normalized spacial score (nSPS) is 15.0. The van der Waals surface area contributed by atoms with Gasteiger partial charge in [-0.25, -0.2) is 9.59 Å². The molecule has 0 radical (unpaired) electrons. The van der Waals surface area contributed by atoms with Crippen molar-refractivity contribution < 1.29 is 28.7 Å². The molecule has 2 N–H and O–H groups in total. The lowest BCUT2D eigenvalue weighted by Gasteiger charge is -2.36. The number of hydrogen-bond acceptors (Lipinski definition) is 7. The van der Waals surface area contributed by atoms with Crippen molar-refractivity contribution in [1.29, 1.82) is 0 Å². The van der Waals surface area contributed by atoms with Gasteiger partial charge in [0.05, 0.1) is 0 Å². The Balaban J connectivity index is 2.06. The summed E-state index contributed by atoms with van der Waals surface area (Å²) >= 11 is 1.54. The van der Waals surface area contributed by atoms with E-state index < -0.39 is 53.2 Å². The predicted molar refractivity (Wildman–Crippen MR) is 181 cm³/mol. The third kappa shape index (κ3) is 11.1. The smallest absolute Gasteiger partial charge is 0.408 e. The lowest BCUT2D eigenvalue weighted by Crippen LogP contribution is -2.55. The van der Waals surface area contributed by atoms with Crippen molar-refractivity contribution >= 4 is 35.6 Å². The number of nitrogens with zero attached hydrogens (tertiary/aromatic N) is 1. The molecular weight excluding hydrogens is 602 g/mol. The topological polar surface area (TPSA) is 114 Å². The molecule has 0 bridgehead atoms. The number of carbonyl (C=O) groups excluding carboxylic acids is 4. The van der Waals surface area contributed by atoms with Crippen LogP contribution in [-0.2, 0) is 30.3 Å². The minimum absolute atomic E-state index is 0.179. The van der Waals surface area contributed by atoms with Crippen LogP contribution in [0.2, 0.25) is 0 Å². The Kier molecular flexibility index (Phi) is 12.7. The summed E-state index contributed by atoms with van der Waals surface area (Å²) in [6, 6.07) is 12.8. The molecule has 3 atom stereocenters. The van der Waals surface area contributed by atoms with Crippen molar-refractivity contribution in [2.24, 2.45) is 0 Å². The maximum Gasteiger partial charge on any atom is 0.408 e. The summed E-state index contributed by atoms with van der Waals surface area (Å²) in [4.78, 5) is 56.9. The van der Waals surface area contributed by atoms with Gasteiger partial charge in [0.2, 0.25) is 11.8 Å². The number of nitrogens with one attached hydrogen (secondary N) is 2. The van der Waals surface area contributed by atoms with E-state index in [0.717, 1.165) is 5.56 Å². The largest absolute Gasteiger partial charge is 0.458 e. The van der Waals surface area contributed by atoms with Gasteiger partial charge < -0.3 is 25.0 Å². The van der Waals surface area contributed by atoms with E-state index in [1.165, 1.54) is 16.7 Å². The first-order valence-electron chi connectivity index (χ1n) is 15.6. The lowest BCUT2D eigenvalue weighted by atomic mass is 9.96. The molecule has 9 nitrogen and oxygen atoms in total. The van der Waals surface area contributed by atoms with E-state index >= 15 is 0 Å². The maximum atomic E-state index is 14.5. The van der Waals surface area contributed by atoms with Crippen LogP contribution in [0.4, 0.5) is 4.79 Å². The van der Waals surface area contributed by atoms with Gasteiger partial charge in [-0.1, -0.05) is 54.5 Å². The monoisotopic (exact) mass is 649 g/mol. The minimum atomic E-state index is -1.18. The Morgan fingerprint density at radius 1 is 0.913 bits per heavy atom. The number of terminal acetylenes is 1. The summed E-state index contributed by atoms with van der Waals surface area (Å²) < 4.78 is 11.2. The molecule has 0 heterocycles. The molecule has 46 heavy (non-hydrogen) atoms. The first-order valence-corrected chi connectivity index (χ1v) is 17.0. The van der Waals surface area contributed by atoms with E-state index in [2.05, 4.69) is 16.6 Å². The molecule has 0 spiro atoms. The molecule has 3 amide bonds. The number of hydrogen-bond donors (Lipinski definition) is 2. The van der Waals surface area contributed by atoms with Crippen LogP contribution in [0.25, 0.3) is 0 Å². The number of ether oxygens (including phenoxy) is 2. The fourth-order valence-corrected chi connectivity index (χ4v) is 5.42. The van der Waals surface area contributed by atoms with Crippen molar-refractivity contribution in [3.63, 3.8) is 0 Å². The molecule has 1 aliphatic carbocycles. The van der Waals surface area contributed by atoms with Gasteiger partial charge in [0.25, 0.3) is 0 Å². The average Bonchev–Trinajstić information content (AvgIpc) is 3.81. The predicted octanol–water partition coefficient (Wildman–Crippen LogP) is 5.42. The molecule has 3 unspecified atom stereocenters. The molecule has 1 saturated carbocycles. The first kappa shape index (κ1) is 36.5. The van der Waals surface area contributed by atoms with Gasteiger partial charge in [-0.2, -0.15) is 11.8 Å². The van der Waals surface area contributed by atoms with E-state index in [0.29, 0.717) is 36.1 Å². The number of benzene rings is 2. The van der Waals surface area contributed by atoms with Gasteiger partial charge in [0, 0.05) is 18.0 Å². The first-order chi connectivity index (χ1) is 21.6. The Hall–Kier alpha value is -3.97. The van der Waals surface area contributed by atoms with E-state index in [4.69, 9.17) is 15.9 Å². The highest BCUT2D eigenvalue weighted by Crippen LogP contribution is 2.37. The summed E-state index contributed by atoms with van der Waals surface area (Å²) in [5.74, 6) is 1.64. The van der Waals surface area contributed by atoms with E-state index in [1.54, 1.807) is 65.8 Å². The second kappa shape index (κ2) is 16.0. The van der Waals surface area contributed by atoms with Crippen molar-refractivity contribution in [1.82, 2.24) is 15.5 Å². The molecule has 2 aromatic carbocycles. The van der Waals surface area contributed by atoms with Crippen LogP contribution in [0, 0.1) is 12.3 Å². The van der Waals surface area contributed by atoms with Crippen molar-refractivity contribution in [2.75, 3.05) is 12.0 Å². The summed E-state index contributed by atoms with van der Waals surface area (Å²) in [7, 11) is 0. The van der Waals surface area contributed by atoms with E-state index in [1.807, 2.05) is 36.6 Å². The molecule has 10 heteroatoms. The number of alkyl carbamates (subject to hydrolysis) is 1. The van der Waals surface area contributed by atoms with Crippen LogP contribution < -0.4 is 10.6 Å². The van der Waals surface area contributed by atoms with Gasteiger partial charge in [-0.15, -0.1) is 6.42 Å². The molecule has 3 rings (SSSR count). The second-order valence-corrected chi connectivity index (χ2v) is 14.4. The number of rotatable bonds is 13. The average molecular weight is 650 g/mol. The van der Waals surface area contributed by atoms with Crippen LogP contribution >= 0.6 is 11.8 Å². The zero-order valence-corrected chi connectivity index (χ0v) is 28.7. The second-order valence-electron chi connectivity index (χ2n) is 13.4. The van der Waals surface area contributed by atoms with Crippen LogP contribution in [-0.4, -0.2) is 70.1 Å². The highest BCUT2D eigenvalue weighted by atomic mass is 32.2. The van der Waals surface area contributed by atoms with Crippen molar-refractivity contribution in [2.45, 2.75) is 103 Å². The van der Waals surface area contributed by atoms with E-state index in [-0.39, 0.29) is 12.5 Å². The fraction of sp³-hybridized carbons (Fsp3) is 0.500. The quantitative estimate of drug-likeness (QED) is 0.220. The molecule has 0 aromatic heterocycles. The van der Waals surface area contributed by atoms with Crippen molar-refractivity contribution in [3.8, 4) is 12.3 Å². The third-order valence-corrected chi connectivity index (χ3v) is 7.67. The van der Waals surface area contributed by atoms with Gasteiger partial charge in [-0.05, 0) is 90.0 Å². The molecule has 1 aliphatic rings.